The van der Waals surface area contributed by atoms with Crippen LogP contribution < -0.4 is 10.9 Å². The second-order valence-electron chi connectivity index (χ2n) is 6.30. The summed E-state index contributed by atoms with van der Waals surface area (Å²) in [6.07, 6.45) is 7.11. The summed E-state index contributed by atoms with van der Waals surface area (Å²) in [5, 5.41) is 4.08. The van der Waals surface area contributed by atoms with Crippen LogP contribution in [-0.2, 0) is 19.9 Å². The molecule has 0 aromatic carbocycles. The molecule has 8 heteroatoms. The fourth-order valence-corrected chi connectivity index (χ4v) is 5.24. The van der Waals surface area contributed by atoms with Gasteiger partial charge in [-0.3, -0.25) is 14.9 Å². The molecule has 0 bridgehead atoms. The molecule has 0 atom stereocenters. The van der Waals surface area contributed by atoms with Crippen molar-refractivity contribution >= 4 is 43.9 Å². The van der Waals surface area contributed by atoms with Crippen LogP contribution in [0.2, 0.25) is 0 Å². The Kier molecular flexibility index (Phi) is 4.16. The van der Waals surface area contributed by atoms with E-state index in [0.717, 1.165) is 25.0 Å². The van der Waals surface area contributed by atoms with Gasteiger partial charge >= 0.3 is 0 Å². The van der Waals surface area contributed by atoms with Gasteiger partial charge in [0.1, 0.15) is 4.83 Å². The van der Waals surface area contributed by atoms with E-state index >= 15 is 0 Å². The molecule has 3 aromatic heterocycles. The number of nitrogens with zero attached hydrogens (tertiary/aromatic N) is 3. The lowest BCUT2D eigenvalue weighted by molar-refractivity contribution is 0.103. The van der Waals surface area contributed by atoms with Crippen LogP contribution >= 0.6 is 22.7 Å². The first-order valence-corrected chi connectivity index (χ1v) is 9.92. The van der Waals surface area contributed by atoms with E-state index in [2.05, 4.69) is 15.3 Å². The van der Waals surface area contributed by atoms with Gasteiger partial charge in [-0.25, -0.2) is 9.97 Å². The maximum Gasteiger partial charge on any atom is 0.267 e. The van der Waals surface area contributed by atoms with Gasteiger partial charge in [0.2, 0.25) is 0 Å². The Bertz CT molecular complexity index is 1010. The molecule has 1 aliphatic carbocycles. The summed E-state index contributed by atoms with van der Waals surface area (Å²) in [6, 6.07) is 0. The topological polar surface area (TPSA) is 76.9 Å². The van der Waals surface area contributed by atoms with Crippen LogP contribution in [0.4, 0.5) is 5.13 Å². The van der Waals surface area contributed by atoms with E-state index in [0.29, 0.717) is 25.8 Å². The number of aryl methyl sites for hydroxylation is 4. The molecule has 0 unspecified atom stereocenters. The molecule has 0 spiro atoms. The summed E-state index contributed by atoms with van der Waals surface area (Å²) >= 11 is 2.82. The van der Waals surface area contributed by atoms with Crippen LogP contribution in [0.5, 0.6) is 0 Å². The lowest BCUT2D eigenvalue weighted by Crippen LogP contribution is -2.17. The van der Waals surface area contributed by atoms with E-state index in [1.165, 1.54) is 39.9 Å². The number of fused-ring (bicyclic) bond motifs is 2. The van der Waals surface area contributed by atoms with Crippen molar-refractivity contribution in [1.29, 1.82) is 0 Å². The fourth-order valence-electron chi connectivity index (χ4n) is 3.16. The molecule has 0 aliphatic heterocycles. The van der Waals surface area contributed by atoms with Gasteiger partial charge in [0, 0.05) is 11.9 Å². The number of thiazole rings is 1. The number of nitrogens with one attached hydrogen (secondary N) is 1. The van der Waals surface area contributed by atoms with Crippen LogP contribution in [0.3, 0.4) is 0 Å². The molecule has 1 aliphatic rings. The highest BCUT2D eigenvalue weighted by atomic mass is 32.1. The van der Waals surface area contributed by atoms with Crippen molar-refractivity contribution in [2.24, 2.45) is 7.05 Å². The monoisotopic (exact) mass is 374 g/mol. The van der Waals surface area contributed by atoms with Crippen LogP contribution in [0, 0.1) is 6.92 Å². The number of hydrogen-bond acceptors (Lipinski definition) is 6. The summed E-state index contributed by atoms with van der Waals surface area (Å²) < 4.78 is 1.43. The van der Waals surface area contributed by atoms with Crippen molar-refractivity contribution in [2.45, 2.75) is 39.0 Å². The minimum absolute atomic E-state index is 0.126. The molecule has 6 nitrogen and oxygen atoms in total. The summed E-state index contributed by atoms with van der Waals surface area (Å²) in [5.74, 6) is -0.216. The third-order valence-corrected chi connectivity index (χ3v) is 6.80. The summed E-state index contributed by atoms with van der Waals surface area (Å²) in [4.78, 5) is 36.3. The van der Waals surface area contributed by atoms with Gasteiger partial charge in [-0.2, -0.15) is 0 Å². The molecule has 25 heavy (non-hydrogen) atoms. The van der Waals surface area contributed by atoms with Gasteiger partial charge in [-0.05, 0) is 38.2 Å². The average Bonchev–Trinajstić information content (AvgIpc) is 3.04. The molecule has 3 heterocycles. The zero-order chi connectivity index (χ0) is 17.6. The van der Waals surface area contributed by atoms with Crippen LogP contribution in [-0.4, -0.2) is 20.4 Å². The van der Waals surface area contributed by atoms with Gasteiger partial charge in [0.05, 0.1) is 22.3 Å². The van der Waals surface area contributed by atoms with Crippen molar-refractivity contribution in [3.05, 3.63) is 37.7 Å². The number of anilines is 1. The molecule has 0 saturated heterocycles. The lowest BCUT2D eigenvalue weighted by Gasteiger charge is -2.00. The van der Waals surface area contributed by atoms with E-state index in [1.807, 2.05) is 0 Å². The number of thiophene rings is 1. The minimum atomic E-state index is -0.216. The quantitative estimate of drug-likeness (QED) is 0.699. The number of rotatable bonds is 2. The lowest BCUT2D eigenvalue weighted by atomic mass is 10.2. The number of carbonyl (C=O) groups excluding carboxylic acids is 1. The highest BCUT2D eigenvalue weighted by Gasteiger charge is 2.21. The zero-order valence-corrected chi connectivity index (χ0v) is 15.7. The summed E-state index contributed by atoms with van der Waals surface area (Å²) in [7, 11) is 1.66. The zero-order valence-electron chi connectivity index (χ0n) is 14.1. The third-order valence-electron chi connectivity index (χ3n) is 4.53. The second kappa shape index (κ2) is 6.34. The Morgan fingerprint density at radius 2 is 2.04 bits per heavy atom. The molecular weight excluding hydrogens is 356 g/mol. The first-order valence-electron chi connectivity index (χ1n) is 8.29. The van der Waals surface area contributed by atoms with Crippen molar-refractivity contribution < 1.29 is 4.79 Å². The molecular formula is C17H18N4O2S2. The molecule has 4 rings (SSSR count). The number of hydrogen-bond donors (Lipinski definition) is 1. The van der Waals surface area contributed by atoms with E-state index in [9.17, 15) is 9.59 Å². The Balaban J connectivity index is 1.66. The van der Waals surface area contributed by atoms with Gasteiger partial charge < -0.3 is 4.57 Å². The fraction of sp³-hybridized carbons (Fsp3) is 0.412. The molecule has 0 radical (unpaired) electrons. The Labute approximate surface area is 152 Å². The largest absolute Gasteiger partial charge is 0.302 e. The van der Waals surface area contributed by atoms with Gasteiger partial charge in [-0.15, -0.1) is 22.7 Å². The van der Waals surface area contributed by atoms with Crippen molar-refractivity contribution in [3.8, 4) is 0 Å². The maximum absolute atomic E-state index is 12.7. The van der Waals surface area contributed by atoms with E-state index in [-0.39, 0.29) is 11.5 Å². The third kappa shape index (κ3) is 2.89. The van der Waals surface area contributed by atoms with E-state index in [1.54, 1.807) is 25.3 Å². The standard InChI is InChI=1S/C17H18N4O2S2/c1-9-12-15(18-8-21(2)16(12)23)25-13(9)14(22)20-17-19-10-6-4-3-5-7-11(10)24-17/h8H,3-7H2,1-2H3,(H,19,20,22). The number of aromatic nitrogens is 3. The molecule has 0 fully saturated rings. The van der Waals surface area contributed by atoms with Crippen LogP contribution in [0.25, 0.3) is 10.2 Å². The Morgan fingerprint density at radius 1 is 1.24 bits per heavy atom. The Hall–Kier alpha value is -2.06. The van der Waals surface area contributed by atoms with Gasteiger partial charge in [-0.1, -0.05) is 6.42 Å². The summed E-state index contributed by atoms with van der Waals surface area (Å²) in [6.45, 7) is 1.80. The van der Waals surface area contributed by atoms with Crippen molar-refractivity contribution in [2.75, 3.05) is 5.32 Å². The molecule has 1 amide bonds. The van der Waals surface area contributed by atoms with Crippen LogP contribution in [0.15, 0.2) is 11.1 Å². The predicted octanol–water partition coefficient (Wildman–Crippen LogP) is 3.28. The second-order valence-corrected chi connectivity index (χ2v) is 8.38. The number of amides is 1. The van der Waals surface area contributed by atoms with Gasteiger partial charge in [0.25, 0.3) is 11.5 Å². The first kappa shape index (κ1) is 16.4. The van der Waals surface area contributed by atoms with E-state index in [4.69, 9.17) is 0 Å². The maximum atomic E-state index is 12.7. The first-order chi connectivity index (χ1) is 12.0. The predicted molar refractivity (Wildman–Crippen MR) is 101 cm³/mol. The highest BCUT2D eigenvalue weighted by Crippen LogP contribution is 2.31. The molecule has 0 saturated carbocycles. The van der Waals surface area contributed by atoms with Crippen molar-refractivity contribution in [3.63, 3.8) is 0 Å². The van der Waals surface area contributed by atoms with E-state index < -0.39 is 0 Å². The van der Waals surface area contributed by atoms with Crippen LogP contribution in [0.1, 0.15) is 45.1 Å². The normalized spacial score (nSPS) is 14.3. The molecule has 130 valence electrons. The Morgan fingerprint density at radius 3 is 2.88 bits per heavy atom. The SMILES string of the molecule is Cc1c(C(=O)Nc2nc3c(s2)CCCCC3)sc2ncn(C)c(=O)c12. The highest BCUT2D eigenvalue weighted by molar-refractivity contribution is 7.21. The van der Waals surface area contributed by atoms with Crippen molar-refractivity contribution in [1.82, 2.24) is 14.5 Å². The smallest absolute Gasteiger partial charge is 0.267 e. The van der Waals surface area contributed by atoms with Gasteiger partial charge in [0.15, 0.2) is 5.13 Å². The summed E-state index contributed by atoms with van der Waals surface area (Å²) in [5.41, 5.74) is 1.68. The average molecular weight is 374 g/mol. The minimum Gasteiger partial charge on any atom is -0.302 e. The number of carbonyl (C=O) groups is 1. The molecule has 1 N–H and O–H groups in total. The molecule has 3 aromatic rings.